The Balaban J connectivity index is 1.35. The molecule has 1 aliphatic rings. The molecule has 2 unspecified atom stereocenters. The van der Waals surface area contributed by atoms with Crippen molar-refractivity contribution < 1.29 is 33.3 Å². The highest BCUT2D eigenvalue weighted by molar-refractivity contribution is 7.40. The van der Waals surface area contributed by atoms with Crippen LogP contribution in [-0.4, -0.2) is 36.3 Å². The Hall–Kier alpha value is -3.42. The van der Waals surface area contributed by atoms with Crippen LogP contribution in [0.5, 0.6) is 23.0 Å². The first-order chi connectivity index (χ1) is 20.1. The second-order valence-electron chi connectivity index (χ2n) is 9.52. The number of ether oxygens (including phenoxy) is 3. The molecule has 0 bridgehead atoms. The predicted molar refractivity (Wildman–Crippen MR) is 163 cm³/mol. The predicted octanol–water partition coefficient (Wildman–Crippen LogP) is 7.16. The Morgan fingerprint density at radius 3 is 2.60 bits per heavy atom. The summed E-state index contributed by atoms with van der Waals surface area (Å²) in [5.74, 6) is 0.584. The van der Waals surface area contributed by atoms with Gasteiger partial charge in [-0.1, -0.05) is 32.4 Å². The number of phenols is 1. The first-order valence-corrected chi connectivity index (χ1v) is 14.4. The Morgan fingerprint density at radius 1 is 1.14 bits per heavy atom. The molecule has 3 aromatic carbocycles. The highest BCUT2D eigenvalue weighted by atomic mass is 35.5. The van der Waals surface area contributed by atoms with Crippen LogP contribution >= 0.6 is 32.4 Å². The van der Waals surface area contributed by atoms with Crippen LogP contribution in [0.25, 0.3) is 0 Å². The highest BCUT2D eigenvalue weighted by Crippen LogP contribution is 2.34. The Morgan fingerprint density at radius 2 is 1.88 bits per heavy atom. The van der Waals surface area contributed by atoms with Crippen molar-refractivity contribution in [2.45, 2.75) is 19.8 Å². The SMILES string of the molecule is C/C(Oc1ccc(C(=O)NCCc2cc(F)ccc2Oc2ccc(O)cc2Cl)cc1)=C(Cl)\C=C1/COCCC1C(=O)P. The first-order valence-electron chi connectivity index (χ1n) is 13.1. The molecule has 2 atom stereocenters. The standard InChI is InChI=1S/C31H29Cl2FNO6P/c1-18(26(32)15-21-17-39-13-11-25(21)31(38)42)40-24-6-2-19(3-7-24)30(37)35-12-10-20-14-22(34)4-8-28(20)41-29-9-5-23(36)16-27(29)33/h2-9,14-16,25,36H,10-13,17,42H2,1H3,(H,35,37)/b21-15+,26-18-. The van der Waals surface area contributed by atoms with E-state index >= 15 is 0 Å². The minimum absolute atomic E-state index is 0.00431. The molecule has 0 aromatic heterocycles. The first kappa shape index (κ1) is 31.5. The average molecular weight is 632 g/mol. The molecule has 1 amide bonds. The number of hydrogen-bond donors (Lipinski definition) is 2. The van der Waals surface area contributed by atoms with E-state index in [0.717, 1.165) is 5.57 Å². The molecule has 1 aliphatic heterocycles. The molecule has 1 heterocycles. The van der Waals surface area contributed by atoms with Crippen molar-refractivity contribution in [1.29, 1.82) is 0 Å². The van der Waals surface area contributed by atoms with Crippen molar-refractivity contribution >= 4 is 43.9 Å². The minimum Gasteiger partial charge on any atom is -0.508 e. The number of rotatable bonds is 10. The number of benzene rings is 3. The van der Waals surface area contributed by atoms with Gasteiger partial charge in [-0.3, -0.25) is 9.59 Å². The smallest absolute Gasteiger partial charge is 0.251 e. The summed E-state index contributed by atoms with van der Waals surface area (Å²) in [5.41, 5.74) is 1.72. The summed E-state index contributed by atoms with van der Waals surface area (Å²) in [7, 11) is 2.22. The second-order valence-corrected chi connectivity index (χ2v) is 10.9. The summed E-state index contributed by atoms with van der Waals surface area (Å²) in [5, 5.41) is 12.9. The summed E-state index contributed by atoms with van der Waals surface area (Å²) < 4.78 is 31.1. The average Bonchev–Trinajstić information content (AvgIpc) is 2.96. The largest absolute Gasteiger partial charge is 0.508 e. The van der Waals surface area contributed by atoms with Gasteiger partial charge in [0, 0.05) is 30.7 Å². The summed E-state index contributed by atoms with van der Waals surface area (Å²) >= 11 is 12.6. The Kier molecular flexibility index (Phi) is 11.0. The van der Waals surface area contributed by atoms with E-state index in [4.69, 9.17) is 37.4 Å². The number of aromatic hydroxyl groups is 1. The fourth-order valence-electron chi connectivity index (χ4n) is 4.26. The molecule has 0 aliphatic carbocycles. The van der Waals surface area contributed by atoms with Gasteiger partial charge < -0.3 is 24.6 Å². The number of carbonyl (C=O) groups excluding carboxylic acids is 2. The van der Waals surface area contributed by atoms with Gasteiger partial charge in [-0.05, 0) is 91.6 Å². The molecule has 7 nitrogen and oxygen atoms in total. The van der Waals surface area contributed by atoms with Crippen molar-refractivity contribution in [2.24, 2.45) is 5.92 Å². The quantitative estimate of drug-likeness (QED) is 0.182. The Bertz CT molecular complexity index is 1530. The molecule has 0 saturated carbocycles. The van der Waals surface area contributed by atoms with Crippen molar-refractivity contribution in [3.05, 3.63) is 105 Å². The molecule has 1 saturated heterocycles. The molecule has 3 aromatic rings. The number of allylic oxidation sites excluding steroid dienone is 3. The van der Waals surface area contributed by atoms with Crippen molar-refractivity contribution in [1.82, 2.24) is 5.32 Å². The van der Waals surface area contributed by atoms with Crippen LogP contribution in [0.1, 0.15) is 29.3 Å². The lowest BCUT2D eigenvalue weighted by Gasteiger charge is -2.23. The lowest BCUT2D eigenvalue weighted by atomic mass is 9.95. The van der Waals surface area contributed by atoms with Crippen LogP contribution in [0.2, 0.25) is 5.02 Å². The van der Waals surface area contributed by atoms with E-state index in [1.54, 1.807) is 37.3 Å². The van der Waals surface area contributed by atoms with Gasteiger partial charge in [-0.2, -0.15) is 0 Å². The molecule has 11 heteroatoms. The molecule has 2 N–H and O–H groups in total. The van der Waals surface area contributed by atoms with Gasteiger partial charge in [0.05, 0.1) is 16.7 Å². The molecule has 0 spiro atoms. The zero-order valence-electron chi connectivity index (χ0n) is 22.7. The van der Waals surface area contributed by atoms with E-state index in [2.05, 4.69) is 14.6 Å². The van der Waals surface area contributed by atoms with Crippen LogP contribution in [0.4, 0.5) is 4.39 Å². The number of halogens is 3. The van der Waals surface area contributed by atoms with Gasteiger partial charge in [0.15, 0.2) is 5.52 Å². The maximum atomic E-state index is 14.0. The lowest BCUT2D eigenvalue weighted by molar-refractivity contribution is -0.115. The van der Waals surface area contributed by atoms with E-state index in [0.29, 0.717) is 65.2 Å². The Labute approximate surface area is 255 Å². The summed E-state index contributed by atoms with van der Waals surface area (Å²) in [6, 6.07) is 14.9. The van der Waals surface area contributed by atoms with Crippen LogP contribution in [0.15, 0.2) is 83.1 Å². The van der Waals surface area contributed by atoms with Gasteiger partial charge in [-0.15, -0.1) is 0 Å². The van der Waals surface area contributed by atoms with E-state index in [-0.39, 0.29) is 34.7 Å². The van der Waals surface area contributed by atoms with Crippen LogP contribution in [0, 0.1) is 11.7 Å². The van der Waals surface area contributed by atoms with E-state index in [9.17, 15) is 19.1 Å². The lowest BCUT2D eigenvalue weighted by Crippen LogP contribution is -2.25. The van der Waals surface area contributed by atoms with Gasteiger partial charge in [-0.25, -0.2) is 4.39 Å². The molecule has 220 valence electrons. The summed E-state index contributed by atoms with van der Waals surface area (Å²) in [4.78, 5) is 24.6. The zero-order chi connectivity index (χ0) is 30.2. The monoisotopic (exact) mass is 631 g/mol. The number of phenolic OH excluding ortho intramolecular Hbond substituents is 1. The number of amides is 1. The van der Waals surface area contributed by atoms with E-state index in [1.807, 2.05) is 0 Å². The maximum Gasteiger partial charge on any atom is 0.251 e. The van der Waals surface area contributed by atoms with Gasteiger partial charge >= 0.3 is 0 Å². The number of nitrogens with one attached hydrogen (secondary N) is 1. The fraction of sp³-hybridized carbons (Fsp3) is 0.226. The normalized spacial score (nSPS) is 16.5. The van der Waals surface area contributed by atoms with Crippen molar-refractivity contribution in [3.8, 4) is 23.0 Å². The van der Waals surface area contributed by atoms with Crippen molar-refractivity contribution in [2.75, 3.05) is 19.8 Å². The second kappa shape index (κ2) is 14.7. The van der Waals surface area contributed by atoms with Crippen LogP contribution in [-0.2, 0) is 16.0 Å². The van der Waals surface area contributed by atoms with Gasteiger partial charge in [0.1, 0.15) is 34.6 Å². The molecule has 0 radical (unpaired) electrons. The third kappa shape index (κ3) is 8.55. The van der Waals surface area contributed by atoms with Gasteiger partial charge in [0.25, 0.3) is 5.91 Å². The minimum atomic E-state index is -0.443. The molecule has 1 fully saturated rings. The summed E-state index contributed by atoms with van der Waals surface area (Å²) in [6.45, 7) is 2.78. The van der Waals surface area contributed by atoms with Crippen LogP contribution in [0.3, 0.4) is 0 Å². The summed E-state index contributed by atoms with van der Waals surface area (Å²) in [6.07, 6.45) is 2.61. The number of hydrogen-bond acceptors (Lipinski definition) is 6. The maximum absolute atomic E-state index is 14.0. The topological polar surface area (TPSA) is 94.1 Å². The fourth-order valence-corrected chi connectivity index (χ4v) is 5.03. The van der Waals surface area contributed by atoms with E-state index in [1.165, 1.54) is 36.4 Å². The van der Waals surface area contributed by atoms with Crippen LogP contribution < -0.4 is 14.8 Å². The third-order valence-corrected chi connectivity index (χ3v) is 7.56. The number of carbonyl (C=O) groups is 2. The molecular formula is C31H29Cl2FNO6P. The molecule has 42 heavy (non-hydrogen) atoms. The molecular weight excluding hydrogens is 603 g/mol. The zero-order valence-corrected chi connectivity index (χ0v) is 25.3. The third-order valence-electron chi connectivity index (χ3n) is 6.48. The highest BCUT2D eigenvalue weighted by Gasteiger charge is 2.24. The van der Waals surface area contributed by atoms with E-state index < -0.39 is 5.82 Å². The van der Waals surface area contributed by atoms with Gasteiger partial charge in [0.2, 0.25) is 0 Å². The molecule has 4 rings (SSSR count). The van der Waals surface area contributed by atoms with Crippen molar-refractivity contribution in [3.63, 3.8) is 0 Å².